The molecule has 2 rings (SSSR count). The molecule has 0 saturated heterocycles. The third-order valence-corrected chi connectivity index (χ3v) is 2.35. The quantitative estimate of drug-likeness (QED) is 0.526. The van der Waals surface area contributed by atoms with Gasteiger partial charge in [0, 0.05) is 22.7 Å². The van der Waals surface area contributed by atoms with Crippen LogP contribution in [0.4, 0.5) is 5.69 Å². The molecular weight excluding hydrogens is 194 g/mol. The van der Waals surface area contributed by atoms with Gasteiger partial charge in [-0.1, -0.05) is 0 Å². The largest absolute Gasteiger partial charge is 0.273 e. The molecule has 0 radical (unpaired) electrons. The molecule has 5 heteroatoms. The molecule has 1 aromatic carbocycles. The summed E-state index contributed by atoms with van der Waals surface area (Å²) in [4.78, 5) is 18.4. The van der Waals surface area contributed by atoms with Gasteiger partial charge in [-0.3, -0.25) is 10.1 Å². The lowest BCUT2D eigenvalue weighted by Gasteiger charge is -2.02. The number of rotatable bonds is 1. The SMILES string of the molecule is Cc1cc2ncnc(C)c2cc1[N+](=O)[O-]. The predicted molar refractivity (Wildman–Crippen MR) is 55.7 cm³/mol. The Hall–Kier alpha value is -2.04. The van der Waals surface area contributed by atoms with E-state index in [0.29, 0.717) is 5.56 Å². The molecule has 0 saturated carbocycles. The fourth-order valence-electron chi connectivity index (χ4n) is 1.52. The minimum atomic E-state index is -0.388. The van der Waals surface area contributed by atoms with Gasteiger partial charge in [0.2, 0.25) is 0 Å². The zero-order valence-electron chi connectivity index (χ0n) is 8.39. The van der Waals surface area contributed by atoms with Gasteiger partial charge < -0.3 is 0 Å². The Balaban J connectivity index is 2.83. The van der Waals surface area contributed by atoms with Crippen molar-refractivity contribution in [2.45, 2.75) is 13.8 Å². The molecule has 0 spiro atoms. The number of benzene rings is 1. The highest BCUT2D eigenvalue weighted by Crippen LogP contribution is 2.24. The van der Waals surface area contributed by atoms with E-state index in [9.17, 15) is 10.1 Å². The number of hydrogen-bond acceptors (Lipinski definition) is 4. The lowest BCUT2D eigenvalue weighted by Crippen LogP contribution is -1.94. The Morgan fingerprint density at radius 2 is 2.00 bits per heavy atom. The summed E-state index contributed by atoms with van der Waals surface area (Å²) in [5, 5.41) is 11.5. The number of nitrogens with zero attached hydrogens (tertiary/aromatic N) is 3. The predicted octanol–water partition coefficient (Wildman–Crippen LogP) is 2.15. The van der Waals surface area contributed by atoms with E-state index >= 15 is 0 Å². The van der Waals surface area contributed by atoms with Crippen molar-refractivity contribution < 1.29 is 4.92 Å². The normalized spacial score (nSPS) is 10.5. The number of aryl methyl sites for hydroxylation is 2. The minimum Gasteiger partial charge on any atom is -0.258 e. The molecule has 0 aliphatic heterocycles. The molecule has 76 valence electrons. The molecule has 0 atom stereocenters. The van der Waals surface area contributed by atoms with Gasteiger partial charge in [0.25, 0.3) is 5.69 Å². The molecule has 1 aromatic heterocycles. The van der Waals surface area contributed by atoms with E-state index in [0.717, 1.165) is 16.6 Å². The van der Waals surface area contributed by atoms with Crippen LogP contribution in [0.1, 0.15) is 11.3 Å². The number of hydrogen-bond donors (Lipinski definition) is 0. The van der Waals surface area contributed by atoms with E-state index in [1.165, 1.54) is 12.4 Å². The fourth-order valence-corrected chi connectivity index (χ4v) is 1.52. The van der Waals surface area contributed by atoms with E-state index in [-0.39, 0.29) is 10.6 Å². The molecule has 0 unspecified atom stereocenters. The summed E-state index contributed by atoms with van der Waals surface area (Å²) in [5.74, 6) is 0. The molecular formula is C10H9N3O2. The first-order valence-electron chi connectivity index (χ1n) is 4.46. The second-order valence-corrected chi connectivity index (χ2v) is 3.37. The monoisotopic (exact) mass is 203 g/mol. The van der Waals surface area contributed by atoms with Gasteiger partial charge in [-0.15, -0.1) is 0 Å². The number of nitro benzene ring substituents is 1. The van der Waals surface area contributed by atoms with Crippen LogP contribution in [0.5, 0.6) is 0 Å². The minimum absolute atomic E-state index is 0.111. The summed E-state index contributed by atoms with van der Waals surface area (Å²) in [6.45, 7) is 3.51. The van der Waals surface area contributed by atoms with Crippen molar-refractivity contribution in [2.24, 2.45) is 0 Å². The second kappa shape index (κ2) is 3.27. The summed E-state index contributed by atoms with van der Waals surface area (Å²) in [6, 6.07) is 3.24. The number of fused-ring (bicyclic) bond motifs is 1. The Morgan fingerprint density at radius 1 is 1.27 bits per heavy atom. The van der Waals surface area contributed by atoms with Crippen molar-refractivity contribution in [2.75, 3.05) is 0 Å². The van der Waals surface area contributed by atoms with Gasteiger partial charge in [-0.2, -0.15) is 0 Å². The maximum absolute atomic E-state index is 10.7. The van der Waals surface area contributed by atoms with Crippen LogP contribution in [0.2, 0.25) is 0 Å². The summed E-state index contributed by atoms with van der Waals surface area (Å²) in [7, 11) is 0. The van der Waals surface area contributed by atoms with Gasteiger partial charge in [-0.25, -0.2) is 9.97 Å². The molecule has 0 fully saturated rings. The Morgan fingerprint density at radius 3 is 2.67 bits per heavy atom. The molecule has 2 aromatic rings. The van der Waals surface area contributed by atoms with Crippen molar-refractivity contribution >= 4 is 16.6 Å². The van der Waals surface area contributed by atoms with Gasteiger partial charge in [0.05, 0.1) is 10.4 Å². The lowest BCUT2D eigenvalue weighted by molar-refractivity contribution is -0.385. The summed E-state index contributed by atoms with van der Waals surface area (Å²) < 4.78 is 0. The van der Waals surface area contributed by atoms with Crippen molar-refractivity contribution in [1.82, 2.24) is 9.97 Å². The standard InChI is InChI=1S/C10H9N3O2/c1-6-3-9-8(4-10(6)13(14)15)7(2)11-5-12-9/h3-5H,1-2H3. The van der Waals surface area contributed by atoms with Crippen LogP contribution in [0, 0.1) is 24.0 Å². The first kappa shape index (κ1) is 9.51. The number of nitro groups is 1. The summed E-state index contributed by atoms with van der Waals surface area (Å²) in [6.07, 6.45) is 1.46. The van der Waals surface area contributed by atoms with E-state index in [4.69, 9.17) is 0 Å². The molecule has 1 heterocycles. The van der Waals surface area contributed by atoms with Crippen LogP contribution in [0.3, 0.4) is 0 Å². The number of aromatic nitrogens is 2. The van der Waals surface area contributed by atoms with Crippen molar-refractivity contribution in [1.29, 1.82) is 0 Å². The van der Waals surface area contributed by atoms with Crippen LogP contribution >= 0.6 is 0 Å². The third kappa shape index (κ3) is 1.52. The van der Waals surface area contributed by atoms with Crippen LogP contribution in [0.15, 0.2) is 18.5 Å². The van der Waals surface area contributed by atoms with Crippen molar-refractivity contribution in [3.8, 4) is 0 Å². The smallest absolute Gasteiger partial charge is 0.258 e. The van der Waals surface area contributed by atoms with E-state index in [1.807, 2.05) is 6.92 Å². The topological polar surface area (TPSA) is 68.9 Å². The molecule has 0 bridgehead atoms. The maximum Gasteiger partial charge on any atom is 0.273 e. The highest BCUT2D eigenvalue weighted by Gasteiger charge is 2.13. The Kier molecular flexibility index (Phi) is 2.07. The molecule has 5 nitrogen and oxygen atoms in total. The van der Waals surface area contributed by atoms with Gasteiger partial charge in [0.15, 0.2) is 0 Å². The second-order valence-electron chi connectivity index (χ2n) is 3.37. The highest BCUT2D eigenvalue weighted by molar-refractivity contribution is 5.84. The van der Waals surface area contributed by atoms with Crippen LogP contribution in [-0.2, 0) is 0 Å². The van der Waals surface area contributed by atoms with Crippen LogP contribution in [-0.4, -0.2) is 14.9 Å². The van der Waals surface area contributed by atoms with Crippen LogP contribution in [0.25, 0.3) is 10.9 Å². The van der Waals surface area contributed by atoms with Crippen molar-refractivity contribution in [3.05, 3.63) is 39.8 Å². The van der Waals surface area contributed by atoms with E-state index in [2.05, 4.69) is 9.97 Å². The van der Waals surface area contributed by atoms with E-state index < -0.39 is 0 Å². The molecule has 0 aliphatic carbocycles. The zero-order chi connectivity index (χ0) is 11.0. The van der Waals surface area contributed by atoms with Crippen molar-refractivity contribution in [3.63, 3.8) is 0 Å². The summed E-state index contributed by atoms with van der Waals surface area (Å²) in [5.41, 5.74) is 2.22. The van der Waals surface area contributed by atoms with Gasteiger partial charge >= 0.3 is 0 Å². The molecule has 0 aliphatic rings. The first-order chi connectivity index (χ1) is 7.09. The molecule has 0 amide bonds. The highest BCUT2D eigenvalue weighted by atomic mass is 16.6. The summed E-state index contributed by atoms with van der Waals surface area (Å²) >= 11 is 0. The average Bonchev–Trinajstić information content (AvgIpc) is 2.16. The fraction of sp³-hybridized carbons (Fsp3) is 0.200. The van der Waals surface area contributed by atoms with Gasteiger partial charge in [0.1, 0.15) is 6.33 Å². The van der Waals surface area contributed by atoms with Crippen LogP contribution < -0.4 is 0 Å². The Bertz CT molecular complexity index is 552. The zero-order valence-corrected chi connectivity index (χ0v) is 8.39. The maximum atomic E-state index is 10.7. The van der Waals surface area contributed by atoms with Gasteiger partial charge in [-0.05, 0) is 19.9 Å². The molecule has 15 heavy (non-hydrogen) atoms. The Labute approximate surface area is 85.9 Å². The lowest BCUT2D eigenvalue weighted by atomic mass is 10.1. The average molecular weight is 203 g/mol. The van der Waals surface area contributed by atoms with E-state index in [1.54, 1.807) is 13.0 Å². The molecule has 0 N–H and O–H groups in total. The first-order valence-corrected chi connectivity index (χ1v) is 4.46. The third-order valence-electron chi connectivity index (χ3n) is 2.35.